The number of nitrogen functional groups attached to an aromatic ring is 1. The average Bonchev–Trinajstić information content (AvgIpc) is 3.04. The van der Waals surface area contributed by atoms with Gasteiger partial charge < -0.3 is 25.5 Å². The van der Waals surface area contributed by atoms with Crippen LogP contribution in [0.5, 0.6) is 5.75 Å². The lowest BCUT2D eigenvalue weighted by Crippen LogP contribution is -2.36. The number of ether oxygens (including phenoxy) is 1. The van der Waals surface area contributed by atoms with Gasteiger partial charge >= 0.3 is 0 Å². The number of aromatic nitrogens is 1. The molecule has 0 aliphatic rings. The van der Waals surface area contributed by atoms with Gasteiger partial charge in [-0.25, -0.2) is 0 Å². The van der Waals surface area contributed by atoms with Gasteiger partial charge in [0.15, 0.2) is 0 Å². The Hall–Kier alpha value is -2.99. The van der Waals surface area contributed by atoms with Crippen molar-refractivity contribution in [3.8, 4) is 5.75 Å². The molecule has 0 bridgehead atoms. The number of fused-ring (bicyclic) bond motifs is 1. The Morgan fingerprint density at radius 1 is 1.21 bits per heavy atom. The minimum absolute atomic E-state index is 0.00665. The third kappa shape index (κ3) is 4.54. The van der Waals surface area contributed by atoms with E-state index in [0.717, 1.165) is 27.8 Å². The molecule has 4 N–H and O–H groups in total. The number of benzene rings is 2. The fourth-order valence-electron chi connectivity index (χ4n) is 3.32. The number of rotatable bonds is 7. The predicted octanol–water partition coefficient (Wildman–Crippen LogP) is 3.34. The minimum Gasteiger partial charge on any atom is -0.496 e. The molecule has 0 atom stereocenters. The zero-order valence-electron chi connectivity index (χ0n) is 17.5. The Morgan fingerprint density at radius 2 is 1.97 bits per heavy atom. The first-order valence-corrected chi connectivity index (χ1v) is 9.65. The van der Waals surface area contributed by atoms with E-state index in [-0.39, 0.29) is 12.5 Å². The van der Waals surface area contributed by atoms with Gasteiger partial charge in [-0.15, -0.1) is 0 Å². The third-order valence-electron chi connectivity index (χ3n) is 5.08. The number of aryl methyl sites for hydroxylation is 1. The Morgan fingerprint density at radius 3 is 2.66 bits per heavy atom. The van der Waals surface area contributed by atoms with E-state index < -0.39 is 5.41 Å². The number of anilines is 1. The molecule has 29 heavy (non-hydrogen) atoms. The molecular formula is C23H29N3O3. The van der Waals surface area contributed by atoms with Gasteiger partial charge in [0.25, 0.3) is 5.91 Å². The van der Waals surface area contributed by atoms with Crippen molar-refractivity contribution in [1.29, 1.82) is 0 Å². The number of nitrogens with one attached hydrogen (secondary N) is 1. The Kier molecular flexibility index (Phi) is 5.84. The van der Waals surface area contributed by atoms with Crippen LogP contribution >= 0.6 is 0 Å². The van der Waals surface area contributed by atoms with Gasteiger partial charge in [0.05, 0.1) is 13.7 Å². The summed E-state index contributed by atoms with van der Waals surface area (Å²) in [6.45, 7) is 6.70. The zero-order chi connectivity index (χ0) is 21.2. The number of nitrogens with two attached hydrogens (primary N) is 1. The number of hydrogen-bond acceptors (Lipinski definition) is 4. The summed E-state index contributed by atoms with van der Waals surface area (Å²) in [5.74, 6) is 0.591. The molecular weight excluding hydrogens is 366 g/mol. The van der Waals surface area contributed by atoms with E-state index >= 15 is 0 Å². The van der Waals surface area contributed by atoms with Gasteiger partial charge in [0.1, 0.15) is 11.4 Å². The number of aliphatic hydroxyl groups excluding tert-OH is 1. The highest BCUT2D eigenvalue weighted by molar-refractivity contribution is 5.99. The number of nitrogens with zero attached hydrogens (tertiary/aromatic N) is 1. The molecule has 6 nitrogen and oxygen atoms in total. The van der Waals surface area contributed by atoms with Crippen molar-refractivity contribution in [3.63, 3.8) is 0 Å². The summed E-state index contributed by atoms with van der Waals surface area (Å²) in [5.41, 5.74) is 9.79. The van der Waals surface area contributed by atoms with Crippen molar-refractivity contribution >= 4 is 22.5 Å². The number of carbonyl (C=O) groups is 1. The van der Waals surface area contributed by atoms with E-state index in [9.17, 15) is 9.90 Å². The van der Waals surface area contributed by atoms with Crippen LogP contribution < -0.4 is 15.8 Å². The molecule has 0 unspecified atom stereocenters. The summed E-state index contributed by atoms with van der Waals surface area (Å²) in [7, 11) is 1.65. The normalized spacial score (nSPS) is 11.6. The lowest BCUT2D eigenvalue weighted by molar-refractivity contribution is 0.0902. The fourth-order valence-corrected chi connectivity index (χ4v) is 3.32. The number of carbonyl (C=O) groups excluding carboxylic acids is 1. The lowest BCUT2D eigenvalue weighted by Gasteiger charge is -2.22. The quantitative estimate of drug-likeness (QED) is 0.535. The summed E-state index contributed by atoms with van der Waals surface area (Å²) >= 11 is 0. The molecule has 1 amide bonds. The Labute approximate surface area is 171 Å². The molecule has 154 valence electrons. The highest BCUT2D eigenvalue weighted by atomic mass is 16.5. The van der Waals surface area contributed by atoms with E-state index in [1.165, 1.54) is 0 Å². The maximum Gasteiger partial charge on any atom is 0.267 e. The third-order valence-corrected chi connectivity index (χ3v) is 5.08. The van der Waals surface area contributed by atoms with Crippen LogP contribution in [-0.2, 0) is 6.54 Å². The number of amides is 1. The minimum atomic E-state index is -0.392. The second-order valence-electron chi connectivity index (χ2n) is 8.25. The van der Waals surface area contributed by atoms with E-state index in [0.29, 0.717) is 24.5 Å². The number of hydrogen-bond donors (Lipinski definition) is 3. The van der Waals surface area contributed by atoms with Gasteiger partial charge in [0, 0.05) is 40.7 Å². The molecule has 6 heteroatoms. The summed E-state index contributed by atoms with van der Waals surface area (Å²) in [4.78, 5) is 13.0. The largest absolute Gasteiger partial charge is 0.496 e. The molecule has 0 saturated carbocycles. The number of aliphatic hydroxyl groups is 1. The van der Waals surface area contributed by atoms with E-state index in [4.69, 9.17) is 10.5 Å². The second-order valence-corrected chi connectivity index (χ2v) is 8.25. The lowest BCUT2D eigenvalue weighted by atomic mass is 9.95. The van der Waals surface area contributed by atoms with Crippen molar-refractivity contribution in [2.45, 2.75) is 27.3 Å². The van der Waals surface area contributed by atoms with E-state index in [1.54, 1.807) is 7.11 Å². The standard InChI is InChI=1S/C23H29N3O3/c1-15-5-8-21(29-4)17(9-15)12-26-19-7-6-18(24)10-16(19)11-20(26)22(28)25-13-23(2,3)14-27/h5-11,27H,12-14,24H2,1-4H3,(H,25,28). The van der Waals surface area contributed by atoms with Gasteiger partial charge in [-0.2, -0.15) is 0 Å². The fraction of sp³-hybridized carbons (Fsp3) is 0.348. The molecule has 0 saturated heterocycles. The average molecular weight is 396 g/mol. The first kappa shape index (κ1) is 20.7. The van der Waals surface area contributed by atoms with Gasteiger partial charge in [-0.3, -0.25) is 4.79 Å². The van der Waals surface area contributed by atoms with Crippen molar-refractivity contribution in [3.05, 3.63) is 59.3 Å². The summed E-state index contributed by atoms with van der Waals surface area (Å²) < 4.78 is 7.51. The predicted molar refractivity (Wildman–Crippen MR) is 116 cm³/mol. The maximum atomic E-state index is 13.0. The van der Waals surface area contributed by atoms with Crippen LogP contribution in [0.2, 0.25) is 0 Å². The molecule has 0 spiro atoms. The number of methoxy groups -OCH3 is 1. The van der Waals surface area contributed by atoms with E-state index in [1.807, 2.05) is 61.7 Å². The van der Waals surface area contributed by atoms with E-state index in [2.05, 4.69) is 11.4 Å². The van der Waals surface area contributed by atoms with Crippen molar-refractivity contribution in [1.82, 2.24) is 9.88 Å². The van der Waals surface area contributed by atoms with Crippen LogP contribution in [0, 0.1) is 12.3 Å². The summed E-state index contributed by atoms with van der Waals surface area (Å²) in [6.07, 6.45) is 0. The van der Waals surface area contributed by atoms with Crippen LogP contribution in [0.25, 0.3) is 10.9 Å². The maximum absolute atomic E-state index is 13.0. The summed E-state index contributed by atoms with van der Waals surface area (Å²) in [6, 6.07) is 13.5. The van der Waals surface area contributed by atoms with Crippen molar-refractivity contribution < 1.29 is 14.6 Å². The van der Waals surface area contributed by atoms with Crippen molar-refractivity contribution in [2.24, 2.45) is 5.41 Å². The van der Waals surface area contributed by atoms with Crippen LogP contribution in [0.4, 0.5) is 5.69 Å². The Bertz CT molecular complexity index is 1040. The molecule has 3 rings (SSSR count). The Balaban J connectivity index is 2.04. The molecule has 2 aromatic carbocycles. The van der Waals surface area contributed by atoms with Crippen LogP contribution in [0.15, 0.2) is 42.5 Å². The second kappa shape index (κ2) is 8.17. The monoisotopic (exact) mass is 395 g/mol. The molecule has 3 aromatic rings. The van der Waals surface area contributed by atoms with Crippen LogP contribution in [0.1, 0.15) is 35.5 Å². The zero-order valence-corrected chi connectivity index (χ0v) is 17.5. The van der Waals surface area contributed by atoms with Crippen LogP contribution in [-0.4, -0.2) is 35.8 Å². The molecule has 0 radical (unpaired) electrons. The first-order valence-electron chi connectivity index (χ1n) is 9.65. The van der Waals surface area contributed by atoms with Crippen molar-refractivity contribution in [2.75, 3.05) is 26.0 Å². The first-order chi connectivity index (χ1) is 13.7. The summed E-state index contributed by atoms with van der Waals surface area (Å²) in [5, 5.41) is 13.3. The SMILES string of the molecule is COc1ccc(C)cc1Cn1c(C(=O)NCC(C)(C)CO)cc2cc(N)ccc21. The molecule has 0 aliphatic carbocycles. The smallest absolute Gasteiger partial charge is 0.267 e. The van der Waals surface area contributed by atoms with Crippen LogP contribution in [0.3, 0.4) is 0 Å². The molecule has 1 heterocycles. The topological polar surface area (TPSA) is 89.5 Å². The molecule has 0 fully saturated rings. The van der Waals surface area contributed by atoms with Gasteiger partial charge in [0.2, 0.25) is 0 Å². The van der Waals surface area contributed by atoms with Gasteiger partial charge in [-0.1, -0.05) is 31.5 Å². The van der Waals surface area contributed by atoms with Gasteiger partial charge in [-0.05, 0) is 37.3 Å². The molecule has 0 aliphatic heterocycles. The highest BCUT2D eigenvalue weighted by Crippen LogP contribution is 2.27. The highest BCUT2D eigenvalue weighted by Gasteiger charge is 2.21. The molecule has 1 aromatic heterocycles.